The number of nitrogens with one attached hydrogen (secondary N) is 1. The highest BCUT2D eigenvalue weighted by Crippen LogP contribution is 2.43. The Morgan fingerprint density at radius 2 is 1.79 bits per heavy atom. The number of nitrogens with zero attached hydrogens (tertiary/aromatic N) is 3. The Hall–Kier alpha value is -3.75. The number of carbonyl (C=O) groups is 1. The van der Waals surface area contributed by atoms with Crippen LogP contribution in [0.15, 0.2) is 53.7 Å². The fourth-order valence-corrected chi connectivity index (χ4v) is 5.61. The van der Waals surface area contributed by atoms with E-state index in [-0.39, 0.29) is 17.8 Å². The Kier molecular flexibility index (Phi) is 7.68. The molecule has 2 aromatic heterocycles. The van der Waals surface area contributed by atoms with Crippen molar-refractivity contribution in [2.24, 2.45) is 0 Å². The van der Waals surface area contributed by atoms with Crippen molar-refractivity contribution in [3.63, 3.8) is 0 Å². The number of carbonyl (C=O) groups excluding carboxylic acids is 1. The van der Waals surface area contributed by atoms with Gasteiger partial charge in [-0.15, -0.1) is 0 Å². The number of benzene rings is 2. The average Bonchev–Trinajstić information content (AvgIpc) is 2.93. The predicted octanol–water partition coefficient (Wildman–Crippen LogP) is 6.47. The predicted molar refractivity (Wildman–Crippen MR) is 154 cm³/mol. The van der Waals surface area contributed by atoms with Crippen molar-refractivity contribution in [3.05, 3.63) is 87.7 Å². The van der Waals surface area contributed by atoms with Crippen LogP contribution >= 0.6 is 11.8 Å². The fraction of sp³-hybridized carbons (Fsp3) is 0.290. The lowest BCUT2D eigenvalue weighted by atomic mass is 9.99. The summed E-state index contributed by atoms with van der Waals surface area (Å²) < 4.78 is 6.34. The quantitative estimate of drug-likeness (QED) is 0.180. The largest absolute Gasteiger partial charge is 0.436 e. The van der Waals surface area contributed by atoms with E-state index in [1.54, 1.807) is 6.20 Å². The fourth-order valence-electron chi connectivity index (χ4n) is 4.56. The van der Waals surface area contributed by atoms with Crippen LogP contribution < -0.4 is 10.1 Å². The number of aromatic nitrogens is 3. The molecule has 0 spiro atoms. The van der Waals surface area contributed by atoms with Gasteiger partial charge >= 0.3 is 0 Å². The third kappa shape index (κ3) is 5.53. The van der Waals surface area contributed by atoms with Gasteiger partial charge in [0.2, 0.25) is 11.8 Å². The molecule has 3 heterocycles. The van der Waals surface area contributed by atoms with E-state index in [0.29, 0.717) is 40.9 Å². The van der Waals surface area contributed by atoms with Gasteiger partial charge in [0.1, 0.15) is 5.03 Å². The lowest BCUT2D eigenvalue weighted by Gasteiger charge is -2.25. The molecule has 1 atom stereocenters. The molecule has 200 valence electrons. The highest BCUT2D eigenvalue weighted by Gasteiger charge is 2.30. The first-order valence-corrected chi connectivity index (χ1v) is 13.9. The molecular weight excluding hydrogens is 508 g/mol. The molecule has 0 bridgehead atoms. The molecular formula is C31H32N4O3S. The molecule has 8 heteroatoms. The third-order valence-corrected chi connectivity index (χ3v) is 8.33. The molecule has 7 nitrogen and oxygen atoms in total. The lowest BCUT2D eigenvalue weighted by Crippen LogP contribution is -2.25. The van der Waals surface area contributed by atoms with Crippen LogP contribution in [0.25, 0.3) is 11.4 Å². The highest BCUT2D eigenvalue weighted by atomic mass is 32.2. The Morgan fingerprint density at radius 1 is 1.05 bits per heavy atom. The zero-order chi connectivity index (χ0) is 27.7. The van der Waals surface area contributed by atoms with Crippen LogP contribution in [0, 0.1) is 27.7 Å². The molecule has 1 aliphatic rings. The summed E-state index contributed by atoms with van der Waals surface area (Å²) >= 11 is 1.42. The van der Waals surface area contributed by atoms with Crippen molar-refractivity contribution >= 4 is 23.4 Å². The number of anilines is 1. The van der Waals surface area contributed by atoms with E-state index in [0.717, 1.165) is 44.8 Å². The van der Waals surface area contributed by atoms with Gasteiger partial charge in [0.15, 0.2) is 11.6 Å². The minimum atomic E-state index is -0.382. The Morgan fingerprint density at radius 3 is 2.51 bits per heavy atom. The van der Waals surface area contributed by atoms with Gasteiger partial charge in [0, 0.05) is 35.0 Å². The van der Waals surface area contributed by atoms with Gasteiger partial charge in [-0.2, -0.15) is 4.98 Å². The summed E-state index contributed by atoms with van der Waals surface area (Å²) in [5, 5.41) is 13.4. The second-order valence-corrected chi connectivity index (χ2v) is 11.1. The molecule has 0 radical (unpaired) electrons. The van der Waals surface area contributed by atoms with Crippen molar-refractivity contribution in [1.82, 2.24) is 15.0 Å². The zero-order valence-electron chi connectivity index (χ0n) is 22.8. The zero-order valence-corrected chi connectivity index (χ0v) is 23.6. The normalized spacial score (nSPS) is 12.8. The number of rotatable bonds is 7. The van der Waals surface area contributed by atoms with Crippen molar-refractivity contribution in [1.29, 1.82) is 0 Å². The monoisotopic (exact) mass is 540 g/mol. The number of hydrogen-bond acceptors (Lipinski definition) is 7. The molecule has 1 aliphatic heterocycles. The summed E-state index contributed by atoms with van der Waals surface area (Å²) in [7, 11) is 0. The molecule has 4 aromatic rings. The maximum atomic E-state index is 13.5. The highest BCUT2D eigenvalue weighted by molar-refractivity contribution is 8.00. The van der Waals surface area contributed by atoms with E-state index in [1.807, 2.05) is 77.1 Å². The molecule has 1 amide bonds. The van der Waals surface area contributed by atoms with Crippen LogP contribution in [0.2, 0.25) is 0 Å². The summed E-state index contributed by atoms with van der Waals surface area (Å²) in [5.41, 5.74) is 8.05. The second kappa shape index (κ2) is 11.2. The maximum Gasteiger partial charge on any atom is 0.237 e. The van der Waals surface area contributed by atoms with E-state index in [1.165, 1.54) is 11.8 Å². The Bertz CT molecular complexity index is 1550. The van der Waals surface area contributed by atoms with E-state index < -0.39 is 0 Å². The van der Waals surface area contributed by atoms with Crippen molar-refractivity contribution in [2.75, 3.05) is 5.32 Å². The van der Waals surface area contributed by atoms with Crippen LogP contribution in [-0.2, 0) is 17.8 Å². The van der Waals surface area contributed by atoms with Gasteiger partial charge in [-0.25, -0.2) is 4.98 Å². The number of aryl methyl sites for hydroxylation is 4. The molecule has 2 N–H and O–H groups in total. The summed E-state index contributed by atoms with van der Waals surface area (Å²) in [6.07, 6.45) is 2.78. The van der Waals surface area contributed by atoms with Gasteiger partial charge < -0.3 is 15.2 Å². The van der Waals surface area contributed by atoms with E-state index >= 15 is 0 Å². The molecule has 0 saturated carbocycles. The van der Waals surface area contributed by atoms with Gasteiger partial charge in [0.25, 0.3) is 0 Å². The standard InChI is InChI=1S/C31H32N4O3S/c1-6-26(29(37)33-25-13-18(3)7-10-19(25)4)39-31-24-14-23-22(16-36)15-32-20(5)27(23)38-30(24)34-28(35-31)21-11-8-17(2)9-12-21/h7-13,15,26,36H,6,14,16H2,1-5H3,(H,33,37)/t26-/m1/s1. The molecule has 2 aromatic carbocycles. The third-order valence-electron chi connectivity index (χ3n) is 6.94. The van der Waals surface area contributed by atoms with Gasteiger partial charge in [-0.05, 0) is 51.3 Å². The summed E-state index contributed by atoms with van der Waals surface area (Å²) in [6.45, 7) is 9.77. The minimum absolute atomic E-state index is 0.0753. The maximum absolute atomic E-state index is 13.5. The lowest BCUT2D eigenvalue weighted by molar-refractivity contribution is -0.115. The van der Waals surface area contributed by atoms with Gasteiger partial charge in [-0.1, -0.05) is 60.6 Å². The summed E-state index contributed by atoms with van der Waals surface area (Å²) in [6, 6.07) is 14.1. The SMILES string of the molecule is CC[C@@H](Sc1nc(-c2ccc(C)cc2)nc2c1Cc1c(CO)cnc(C)c1O2)C(=O)Nc1cc(C)ccc1C. The molecule has 0 aliphatic carbocycles. The van der Waals surface area contributed by atoms with E-state index in [2.05, 4.69) is 10.3 Å². The molecule has 0 unspecified atom stereocenters. The summed E-state index contributed by atoms with van der Waals surface area (Å²) in [5.74, 6) is 1.54. The summed E-state index contributed by atoms with van der Waals surface area (Å²) in [4.78, 5) is 27.6. The number of aliphatic hydroxyl groups excluding tert-OH is 1. The molecule has 0 fully saturated rings. The number of ether oxygens (including phenoxy) is 1. The number of fused-ring (bicyclic) bond motifs is 2. The smallest absolute Gasteiger partial charge is 0.237 e. The number of thioether (sulfide) groups is 1. The molecule has 5 rings (SSSR count). The number of aliphatic hydroxyl groups is 1. The van der Waals surface area contributed by atoms with E-state index in [4.69, 9.17) is 14.7 Å². The Balaban J connectivity index is 1.55. The van der Waals surface area contributed by atoms with Crippen molar-refractivity contribution < 1.29 is 14.6 Å². The first kappa shape index (κ1) is 26.8. The van der Waals surface area contributed by atoms with Gasteiger partial charge in [-0.3, -0.25) is 9.78 Å². The molecule has 0 saturated heterocycles. The average molecular weight is 541 g/mol. The topological polar surface area (TPSA) is 97.2 Å². The van der Waals surface area contributed by atoms with Crippen LogP contribution in [0.1, 0.15) is 52.4 Å². The van der Waals surface area contributed by atoms with Crippen LogP contribution in [-0.4, -0.2) is 31.2 Å². The van der Waals surface area contributed by atoms with Crippen molar-refractivity contribution in [3.8, 4) is 23.0 Å². The first-order valence-electron chi connectivity index (χ1n) is 13.1. The van der Waals surface area contributed by atoms with Crippen LogP contribution in [0.3, 0.4) is 0 Å². The first-order chi connectivity index (χ1) is 18.8. The Labute approximate surface area is 233 Å². The molecule has 39 heavy (non-hydrogen) atoms. The number of amides is 1. The second-order valence-electron chi connectivity index (χ2n) is 9.94. The van der Waals surface area contributed by atoms with Crippen LogP contribution in [0.4, 0.5) is 5.69 Å². The van der Waals surface area contributed by atoms with Crippen molar-refractivity contribution in [2.45, 2.75) is 64.3 Å². The van der Waals surface area contributed by atoms with Gasteiger partial charge in [0.05, 0.1) is 23.1 Å². The van der Waals surface area contributed by atoms with Crippen LogP contribution in [0.5, 0.6) is 11.6 Å². The van der Waals surface area contributed by atoms with E-state index in [9.17, 15) is 9.90 Å². The minimum Gasteiger partial charge on any atom is -0.436 e. The number of pyridine rings is 1. The number of hydrogen-bond donors (Lipinski definition) is 2.